The molecule has 2 aromatic heterocycles. The van der Waals surface area contributed by atoms with Crippen LogP contribution in [0.2, 0.25) is 0 Å². The van der Waals surface area contributed by atoms with E-state index in [2.05, 4.69) is 10.3 Å². The van der Waals surface area contributed by atoms with E-state index < -0.39 is 16.4 Å². The van der Waals surface area contributed by atoms with Crippen molar-refractivity contribution in [2.45, 2.75) is 19.4 Å². The van der Waals surface area contributed by atoms with Crippen molar-refractivity contribution in [3.8, 4) is 0 Å². The number of aryl methyl sites for hydroxylation is 1. The molecule has 0 saturated carbocycles. The highest BCUT2D eigenvalue weighted by Gasteiger charge is 2.28. The summed E-state index contributed by atoms with van der Waals surface area (Å²) in [5.41, 5.74) is -0.587. The molecule has 1 amide bonds. The zero-order valence-electron chi connectivity index (χ0n) is 13.7. The highest BCUT2D eigenvalue weighted by molar-refractivity contribution is 6.07. The second-order valence-corrected chi connectivity index (χ2v) is 6.06. The number of nitrogens with zero attached hydrogens (tertiary/aromatic N) is 1. The highest BCUT2D eigenvalue weighted by Crippen LogP contribution is 2.25. The van der Waals surface area contributed by atoms with Gasteiger partial charge in [-0.2, -0.15) is 0 Å². The topological polar surface area (TPSA) is 121 Å². The van der Waals surface area contributed by atoms with Crippen molar-refractivity contribution in [1.82, 2.24) is 10.3 Å². The number of aromatic amines is 1. The number of non-ortho nitro benzene ring substituents is 1. The Balaban J connectivity index is 1.80. The van der Waals surface area contributed by atoms with Crippen LogP contribution in [-0.4, -0.2) is 27.5 Å². The van der Waals surface area contributed by atoms with Gasteiger partial charge in [0.05, 0.1) is 17.0 Å². The third kappa shape index (κ3) is 3.24. The smallest absolute Gasteiger partial charge is 0.270 e. The number of nitro benzene ring substituents is 1. The lowest BCUT2D eigenvalue weighted by molar-refractivity contribution is -0.384. The molecule has 3 rings (SSSR count). The monoisotopic (exact) mass is 343 g/mol. The van der Waals surface area contributed by atoms with Gasteiger partial charge in [0, 0.05) is 29.2 Å². The number of amides is 1. The summed E-state index contributed by atoms with van der Waals surface area (Å²) in [5.74, 6) is 0.556. The van der Waals surface area contributed by atoms with Crippen LogP contribution in [0.15, 0.2) is 40.9 Å². The molecule has 1 unspecified atom stereocenters. The van der Waals surface area contributed by atoms with Gasteiger partial charge in [-0.3, -0.25) is 14.9 Å². The Morgan fingerprint density at radius 1 is 1.40 bits per heavy atom. The fraction of sp³-hybridized carbons (Fsp3) is 0.235. The maximum Gasteiger partial charge on any atom is 0.270 e. The highest BCUT2D eigenvalue weighted by atomic mass is 16.6. The molecule has 3 N–H and O–H groups in total. The number of carbonyl (C=O) groups is 1. The summed E-state index contributed by atoms with van der Waals surface area (Å²) in [7, 11) is 0. The lowest BCUT2D eigenvalue weighted by Crippen LogP contribution is -2.38. The van der Waals surface area contributed by atoms with E-state index in [9.17, 15) is 20.0 Å². The molecule has 1 atom stereocenters. The summed E-state index contributed by atoms with van der Waals surface area (Å²) in [6, 6.07) is 7.63. The van der Waals surface area contributed by atoms with Gasteiger partial charge in [0.25, 0.3) is 11.6 Å². The van der Waals surface area contributed by atoms with E-state index in [-0.39, 0.29) is 17.8 Å². The fourth-order valence-corrected chi connectivity index (χ4v) is 2.57. The molecule has 0 aliphatic carbocycles. The van der Waals surface area contributed by atoms with E-state index in [4.69, 9.17) is 4.42 Å². The molecule has 1 aromatic carbocycles. The Labute approximate surface area is 142 Å². The van der Waals surface area contributed by atoms with Crippen LogP contribution in [0.4, 0.5) is 5.69 Å². The third-order valence-corrected chi connectivity index (χ3v) is 3.99. The average Bonchev–Trinajstić information content (AvgIpc) is 3.18. The Kier molecular flexibility index (Phi) is 4.05. The molecule has 0 saturated heterocycles. The lowest BCUT2D eigenvalue weighted by Gasteiger charge is -2.21. The SMILES string of the molecule is Cc1ccc(C(C)(O)CNC(=O)c2c[nH]c3ccc([N+](=O)[O-])cc23)o1. The van der Waals surface area contributed by atoms with E-state index >= 15 is 0 Å². The zero-order valence-corrected chi connectivity index (χ0v) is 13.7. The van der Waals surface area contributed by atoms with Gasteiger partial charge in [-0.05, 0) is 32.0 Å². The summed E-state index contributed by atoms with van der Waals surface area (Å²) in [6.45, 7) is 3.23. The van der Waals surface area contributed by atoms with Gasteiger partial charge in [-0.1, -0.05) is 0 Å². The van der Waals surface area contributed by atoms with Gasteiger partial charge in [0.1, 0.15) is 17.1 Å². The van der Waals surface area contributed by atoms with Crippen molar-refractivity contribution in [2.24, 2.45) is 0 Å². The van der Waals surface area contributed by atoms with Gasteiger partial charge in [0.2, 0.25) is 0 Å². The maximum absolute atomic E-state index is 12.4. The van der Waals surface area contributed by atoms with Crippen LogP contribution < -0.4 is 5.32 Å². The Hall–Kier alpha value is -3.13. The van der Waals surface area contributed by atoms with Crippen LogP contribution in [0.5, 0.6) is 0 Å². The van der Waals surface area contributed by atoms with Crippen LogP contribution in [-0.2, 0) is 5.60 Å². The molecule has 130 valence electrons. The van der Waals surface area contributed by atoms with Crippen LogP contribution in [0.1, 0.15) is 28.8 Å². The Morgan fingerprint density at radius 3 is 2.80 bits per heavy atom. The second-order valence-electron chi connectivity index (χ2n) is 6.06. The number of nitrogens with one attached hydrogen (secondary N) is 2. The number of aliphatic hydroxyl groups is 1. The summed E-state index contributed by atoms with van der Waals surface area (Å²) < 4.78 is 5.40. The first kappa shape index (κ1) is 16.7. The summed E-state index contributed by atoms with van der Waals surface area (Å²) in [6.07, 6.45) is 1.48. The van der Waals surface area contributed by atoms with Gasteiger partial charge in [0.15, 0.2) is 0 Å². The summed E-state index contributed by atoms with van der Waals surface area (Å²) in [4.78, 5) is 25.7. The molecule has 25 heavy (non-hydrogen) atoms. The van der Waals surface area contributed by atoms with Crippen LogP contribution >= 0.6 is 0 Å². The predicted octanol–water partition coefficient (Wildman–Crippen LogP) is 2.62. The van der Waals surface area contributed by atoms with Crippen LogP contribution in [0, 0.1) is 17.0 Å². The zero-order chi connectivity index (χ0) is 18.2. The first-order valence-electron chi connectivity index (χ1n) is 7.61. The number of hydrogen-bond acceptors (Lipinski definition) is 5. The number of rotatable bonds is 5. The van der Waals surface area contributed by atoms with Crippen LogP contribution in [0.3, 0.4) is 0 Å². The molecule has 0 aliphatic heterocycles. The largest absolute Gasteiger partial charge is 0.463 e. The molecule has 8 heteroatoms. The minimum absolute atomic E-state index is 0.0691. The molecule has 0 fully saturated rings. The average molecular weight is 343 g/mol. The number of nitro groups is 1. The van der Waals surface area contributed by atoms with Crippen molar-refractivity contribution in [3.05, 3.63) is 63.7 Å². The van der Waals surface area contributed by atoms with Gasteiger partial charge in [-0.25, -0.2) is 0 Å². The predicted molar refractivity (Wildman–Crippen MR) is 90.3 cm³/mol. The van der Waals surface area contributed by atoms with Crippen LogP contribution in [0.25, 0.3) is 10.9 Å². The first-order chi connectivity index (χ1) is 11.8. The minimum atomic E-state index is -1.37. The number of H-pyrrole nitrogens is 1. The quantitative estimate of drug-likeness (QED) is 0.485. The molecule has 0 bridgehead atoms. The van der Waals surface area contributed by atoms with E-state index in [0.29, 0.717) is 22.4 Å². The van der Waals surface area contributed by atoms with Gasteiger partial charge < -0.3 is 19.8 Å². The summed E-state index contributed by atoms with van der Waals surface area (Å²) in [5, 5.41) is 24.5. The number of hydrogen-bond donors (Lipinski definition) is 3. The molecular formula is C17H17N3O5. The normalized spacial score (nSPS) is 13.6. The molecule has 2 heterocycles. The van der Waals surface area contributed by atoms with E-state index in [1.165, 1.54) is 25.3 Å². The molecule has 0 spiro atoms. The van der Waals surface area contributed by atoms with E-state index in [1.54, 1.807) is 25.1 Å². The first-order valence-corrected chi connectivity index (χ1v) is 7.61. The van der Waals surface area contributed by atoms with E-state index in [0.717, 1.165) is 0 Å². The number of aromatic nitrogens is 1. The molecule has 0 radical (unpaired) electrons. The van der Waals surface area contributed by atoms with Crippen molar-refractivity contribution < 1.29 is 19.2 Å². The summed E-state index contributed by atoms with van der Waals surface area (Å²) >= 11 is 0. The molecule has 3 aromatic rings. The van der Waals surface area contributed by atoms with Gasteiger partial charge in [-0.15, -0.1) is 0 Å². The van der Waals surface area contributed by atoms with Crippen molar-refractivity contribution in [3.63, 3.8) is 0 Å². The lowest BCUT2D eigenvalue weighted by atomic mass is 10.0. The fourth-order valence-electron chi connectivity index (χ4n) is 2.57. The number of furan rings is 1. The number of fused-ring (bicyclic) bond motifs is 1. The molecular weight excluding hydrogens is 326 g/mol. The minimum Gasteiger partial charge on any atom is -0.463 e. The Bertz CT molecular complexity index is 954. The maximum atomic E-state index is 12.4. The van der Waals surface area contributed by atoms with Crippen molar-refractivity contribution in [1.29, 1.82) is 0 Å². The standard InChI is InChI=1S/C17H17N3O5/c1-10-3-6-15(25-10)17(2,22)9-19-16(21)13-8-18-14-5-4-11(20(23)24)7-12(13)14/h3-8,18,22H,9H2,1-2H3,(H,19,21). The molecule has 8 nitrogen and oxygen atoms in total. The van der Waals surface area contributed by atoms with Crippen molar-refractivity contribution in [2.75, 3.05) is 6.54 Å². The van der Waals surface area contributed by atoms with E-state index in [1.807, 2.05) is 0 Å². The third-order valence-electron chi connectivity index (χ3n) is 3.99. The second kappa shape index (κ2) is 6.06. The Morgan fingerprint density at radius 2 is 2.16 bits per heavy atom. The van der Waals surface area contributed by atoms with Crippen molar-refractivity contribution >= 4 is 22.5 Å². The molecule has 0 aliphatic rings. The number of benzene rings is 1. The number of carbonyl (C=O) groups excluding carboxylic acids is 1. The van der Waals surface area contributed by atoms with Gasteiger partial charge >= 0.3 is 0 Å².